The minimum atomic E-state index is -2.87. The van der Waals surface area contributed by atoms with Gasteiger partial charge in [0, 0.05) is 44.1 Å². The molecule has 19 heteroatoms. The quantitative estimate of drug-likeness (QED) is 0.0507. The van der Waals surface area contributed by atoms with Crippen molar-refractivity contribution in [2.45, 2.75) is 82.7 Å². The lowest BCUT2D eigenvalue weighted by atomic mass is 9.86. The number of anilines is 2. The van der Waals surface area contributed by atoms with Crippen LogP contribution in [0.25, 0.3) is 22.6 Å². The van der Waals surface area contributed by atoms with Gasteiger partial charge in [-0.3, -0.25) is 28.9 Å². The molecule has 2 aliphatic carbocycles. The number of oxazole rings is 2. The Morgan fingerprint density at radius 2 is 1.74 bits per heavy atom. The molecule has 8 rings (SSSR count). The lowest BCUT2D eigenvalue weighted by Crippen LogP contribution is -2.43. The van der Waals surface area contributed by atoms with Crippen molar-refractivity contribution >= 4 is 40.3 Å². The van der Waals surface area contributed by atoms with E-state index < -0.39 is 35.7 Å². The lowest BCUT2D eigenvalue weighted by Gasteiger charge is -2.28. The van der Waals surface area contributed by atoms with Gasteiger partial charge in [0.1, 0.15) is 18.1 Å². The van der Waals surface area contributed by atoms with Crippen molar-refractivity contribution in [3.8, 4) is 11.5 Å². The number of nitrogens with zero attached hydrogens (tertiary/aromatic N) is 5. The Kier molecular flexibility index (Phi) is 13.8. The highest BCUT2D eigenvalue weighted by Gasteiger charge is 2.32. The van der Waals surface area contributed by atoms with Gasteiger partial charge in [0.05, 0.1) is 37.1 Å². The third-order valence-corrected chi connectivity index (χ3v) is 11.6. The molecule has 4 aromatic heterocycles. The molecule has 2 saturated carbocycles. The van der Waals surface area contributed by atoms with E-state index in [0.717, 1.165) is 50.8 Å². The molecule has 3 amide bonds. The van der Waals surface area contributed by atoms with Crippen LogP contribution in [0.1, 0.15) is 98.0 Å². The Morgan fingerprint density at radius 1 is 0.952 bits per heavy atom. The van der Waals surface area contributed by atoms with Gasteiger partial charge >= 0.3 is 5.76 Å². The number of alkyl halides is 2. The predicted molar refractivity (Wildman–Crippen MR) is 222 cm³/mol. The summed E-state index contributed by atoms with van der Waals surface area (Å²) in [6.45, 7) is 4.37. The van der Waals surface area contributed by atoms with Crippen LogP contribution < -0.4 is 27.0 Å². The summed E-state index contributed by atoms with van der Waals surface area (Å²) in [5, 5.41) is 15.8. The maximum Gasteiger partial charge on any atom is 0.420 e. The van der Waals surface area contributed by atoms with Crippen molar-refractivity contribution in [1.82, 2.24) is 34.9 Å². The Balaban J connectivity index is 0.692. The minimum absolute atomic E-state index is 0.0369. The molecule has 330 valence electrons. The zero-order chi connectivity index (χ0) is 43.0. The van der Waals surface area contributed by atoms with Crippen LogP contribution in [-0.2, 0) is 25.5 Å². The smallest absolute Gasteiger partial charge is 0.420 e. The first kappa shape index (κ1) is 42.9. The molecular weight excluding hydrogens is 809 g/mol. The fraction of sp³-hybridized carbons (Fsp3) is 0.512. The average Bonchev–Trinajstić information content (AvgIpc) is 3.62. The zero-order valence-electron chi connectivity index (χ0n) is 34.3. The summed E-state index contributed by atoms with van der Waals surface area (Å²) in [4.78, 5) is 58.1. The normalized spacial score (nSPS) is 19.3. The number of hydrogen-bond acceptors (Lipinski definition) is 13. The minimum Gasteiger partial charge on any atom is -0.444 e. The molecule has 0 spiro atoms. The van der Waals surface area contributed by atoms with Crippen molar-refractivity contribution in [2.75, 3.05) is 56.7 Å². The van der Waals surface area contributed by atoms with Gasteiger partial charge in [-0.25, -0.2) is 23.5 Å². The van der Waals surface area contributed by atoms with Crippen molar-refractivity contribution in [3.63, 3.8) is 0 Å². The van der Waals surface area contributed by atoms with Crippen LogP contribution >= 0.6 is 0 Å². The first-order chi connectivity index (χ1) is 30.2. The van der Waals surface area contributed by atoms with Gasteiger partial charge in [0.2, 0.25) is 17.7 Å². The summed E-state index contributed by atoms with van der Waals surface area (Å²) in [6.07, 6.45) is 9.13. The highest BCUT2D eigenvalue weighted by Crippen LogP contribution is 2.35. The van der Waals surface area contributed by atoms with Crippen LogP contribution in [0.4, 0.5) is 20.3 Å². The molecule has 62 heavy (non-hydrogen) atoms. The van der Waals surface area contributed by atoms with Gasteiger partial charge < -0.3 is 34.3 Å². The largest absolute Gasteiger partial charge is 0.444 e. The van der Waals surface area contributed by atoms with Crippen molar-refractivity contribution in [3.05, 3.63) is 76.5 Å². The van der Waals surface area contributed by atoms with E-state index in [1.165, 1.54) is 29.9 Å². The highest BCUT2D eigenvalue weighted by molar-refractivity contribution is 6.03. The van der Waals surface area contributed by atoms with E-state index in [1.807, 2.05) is 6.07 Å². The number of halogens is 2. The number of hydrogen-bond donors (Lipinski definition) is 4. The predicted octanol–water partition coefficient (Wildman–Crippen LogP) is 5.82. The summed E-state index contributed by atoms with van der Waals surface area (Å²) in [5.41, 5.74) is 1.97. The second-order valence-corrected chi connectivity index (χ2v) is 16.2. The van der Waals surface area contributed by atoms with Gasteiger partial charge in [0.25, 0.3) is 12.3 Å². The third kappa shape index (κ3) is 10.8. The van der Waals surface area contributed by atoms with Crippen molar-refractivity contribution in [2.24, 2.45) is 11.8 Å². The number of imide groups is 1. The van der Waals surface area contributed by atoms with Crippen molar-refractivity contribution < 1.29 is 41.5 Å². The second kappa shape index (κ2) is 19.9. The van der Waals surface area contributed by atoms with E-state index in [2.05, 4.69) is 36.3 Å². The first-order valence-corrected chi connectivity index (χ1v) is 21.4. The second-order valence-electron chi connectivity index (χ2n) is 16.2. The van der Waals surface area contributed by atoms with E-state index >= 15 is 0 Å². The number of piperidine rings is 1. The molecule has 5 aromatic rings. The van der Waals surface area contributed by atoms with Crippen LogP contribution in [0, 0.1) is 11.8 Å². The maximum absolute atomic E-state index is 14.1. The van der Waals surface area contributed by atoms with Crippen LogP contribution in [0.2, 0.25) is 0 Å². The molecule has 0 radical (unpaired) electrons. The molecule has 3 fully saturated rings. The number of amides is 3. The fourth-order valence-corrected chi connectivity index (χ4v) is 8.00. The molecule has 17 nitrogen and oxygen atoms in total. The first-order valence-electron chi connectivity index (χ1n) is 21.4. The number of fused-ring (bicyclic) bond motifs is 1. The monoisotopic (exact) mass is 859 g/mol. The number of rotatable bonds is 21. The van der Waals surface area contributed by atoms with Crippen LogP contribution in [0.3, 0.4) is 0 Å². The van der Waals surface area contributed by atoms with E-state index in [-0.39, 0.29) is 42.1 Å². The number of carbonyl (C=O) groups is 3. The average molecular weight is 860 g/mol. The Morgan fingerprint density at radius 3 is 2.53 bits per heavy atom. The van der Waals surface area contributed by atoms with Crippen LogP contribution in [-0.4, -0.2) is 88.1 Å². The summed E-state index contributed by atoms with van der Waals surface area (Å²) in [7, 11) is 0. The Hall–Kier alpha value is -5.79. The number of ether oxygens (including phenoxy) is 2. The van der Waals surface area contributed by atoms with Gasteiger partial charge in [0.15, 0.2) is 17.0 Å². The SMILES string of the molecule is O=C1CCC(n2c(=O)oc3cc(CCCOCCOCCNCC4CCC(n5cc(NC(=O)c6coc(-c7ccnc(NCC8CC8)c7)n6)c(C(F)F)n5)CC4)ccc32)C(=O)N1. The molecule has 1 atom stereocenters. The Labute approximate surface area is 355 Å². The molecule has 1 aromatic carbocycles. The van der Waals surface area contributed by atoms with Crippen molar-refractivity contribution in [1.29, 1.82) is 0 Å². The van der Waals surface area contributed by atoms with Crippen LogP contribution in [0.5, 0.6) is 0 Å². The molecule has 4 N–H and O–H groups in total. The van der Waals surface area contributed by atoms with E-state index in [9.17, 15) is 28.0 Å². The van der Waals surface area contributed by atoms with Gasteiger partial charge in [-0.05, 0) is 106 Å². The van der Waals surface area contributed by atoms with Gasteiger partial charge in [-0.15, -0.1) is 0 Å². The number of nitrogens with one attached hydrogen (secondary N) is 4. The number of benzene rings is 1. The molecule has 5 heterocycles. The molecule has 1 aliphatic heterocycles. The summed E-state index contributed by atoms with van der Waals surface area (Å²) in [6, 6.07) is 8.15. The summed E-state index contributed by atoms with van der Waals surface area (Å²) >= 11 is 0. The molecule has 1 unspecified atom stereocenters. The van der Waals surface area contributed by atoms with E-state index in [1.54, 1.807) is 35.1 Å². The molecular formula is C43H51F2N9O8. The Bertz CT molecular complexity index is 2400. The number of pyridine rings is 1. The van der Waals surface area contributed by atoms with Crippen LogP contribution in [0.15, 0.2) is 62.6 Å². The molecule has 3 aliphatic rings. The highest BCUT2D eigenvalue weighted by atomic mass is 19.3. The fourth-order valence-electron chi connectivity index (χ4n) is 8.00. The third-order valence-electron chi connectivity index (χ3n) is 11.6. The summed E-state index contributed by atoms with van der Waals surface area (Å²) < 4.78 is 53.4. The maximum atomic E-state index is 14.1. The lowest BCUT2D eigenvalue weighted by molar-refractivity contribution is -0.135. The summed E-state index contributed by atoms with van der Waals surface area (Å²) in [5.74, 6) is -0.123. The van der Waals surface area contributed by atoms with E-state index in [0.29, 0.717) is 73.7 Å². The van der Waals surface area contributed by atoms with Gasteiger partial charge in [-0.1, -0.05) is 6.07 Å². The zero-order valence-corrected chi connectivity index (χ0v) is 34.3. The standard InChI is InChI=1S/C43H51F2N9O8/c44-39(45)38-31(49-40(56)32-25-61-42(50-32)29-13-14-47-36(21-29)48-23-28-3-4-28)24-53(52-38)30-8-5-27(6-9-30)22-46-15-17-60-19-18-59-16-1-2-26-7-10-33-35(20-26)62-43(58)54(33)34-11-12-37(55)51-41(34)57/h7,10,13-14,20-21,24-25,27-28,30,34,39,46H,1-6,8-9,11-12,15-19,22-23H2,(H,47,48)(H,49,56)(H,51,55,57). The molecule has 0 bridgehead atoms. The number of carbonyl (C=O) groups excluding carboxylic acids is 3. The van der Waals surface area contributed by atoms with E-state index in [4.69, 9.17) is 18.3 Å². The van der Waals surface area contributed by atoms with Gasteiger partial charge in [-0.2, -0.15) is 5.10 Å². The number of aryl methyl sites for hydroxylation is 1. The molecule has 1 saturated heterocycles. The number of aromatic nitrogens is 5. The topological polar surface area (TPSA) is 210 Å².